The molecule has 1 N–H and O–H groups in total. The molecule has 0 radical (unpaired) electrons. The van der Waals surface area contributed by atoms with E-state index in [2.05, 4.69) is 81.2 Å². The van der Waals surface area contributed by atoms with Crippen molar-refractivity contribution in [3.05, 3.63) is 112 Å². The first-order valence-electron chi connectivity index (χ1n) is 13.3. The van der Waals surface area contributed by atoms with Gasteiger partial charge in [-0.25, -0.2) is 4.79 Å². The number of carbonyl (C=O) groups excluding carboxylic acids is 1. The number of rotatable bonds is 5. The van der Waals surface area contributed by atoms with E-state index in [1.54, 1.807) is 0 Å². The van der Waals surface area contributed by atoms with Gasteiger partial charge in [0.05, 0.1) is 11.1 Å². The Morgan fingerprint density at radius 3 is 2.24 bits per heavy atom. The highest BCUT2D eigenvalue weighted by molar-refractivity contribution is 5.98. The number of benzene rings is 4. The van der Waals surface area contributed by atoms with Crippen LogP contribution in [0.15, 0.2) is 72.8 Å². The second kappa shape index (κ2) is 8.95. The minimum absolute atomic E-state index is 0.321. The summed E-state index contributed by atoms with van der Waals surface area (Å²) >= 11 is 0. The van der Waals surface area contributed by atoms with Crippen molar-refractivity contribution in [2.24, 2.45) is 0 Å². The van der Waals surface area contributed by atoms with Gasteiger partial charge < -0.3 is 19.7 Å². The van der Waals surface area contributed by atoms with E-state index in [1.165, 1.54) is 11.1 Å². The summed E-state index contributed by atoms with van der Waals surface area (Å²) in [5, 5.41) is 3.68. The fourth-order valence-corrected chi connectivity index (χ4v) is 5.96. The van der Waals surface area contributed by atoms with Crippen molar-refractivity contribution in [3.63, 3.8) is 0 Å². The SMILES string of the molecule is CCN(CC)c1cccc2c1C1(OC(=O)c3ccccc31)c1cc(Nc3c(C)cccc3C)c(C)cc1O2. The molecule has 1 atom stereocenters. The van der Waals surface area contributed by atoms with Gasteiger partial charge in [0.1, 0.15) is 11.5 Å². The van der Waals surface area contributed by atoms with Crippen molar-refractivity contribution >= 4 is 23.0 Å². The van der Waals surface area contributed by atoms with Crippen LogP contribution in [-0.2, 0) is 10.3 Å². The summed E-state index contributed by atoms with van der Waals surface area (Å²) in [5.41, 5.74) is 8.42. The highest BCUT2D eigenvalue weighted by atomic mass is 16.6. The number of nitrogens with zero attached hydrogens (tertiary/aromatic N) is 1. The largest absolute Gasteiger partial charge is 0.456 e. The molecule has 0 aromatic heterocycles. The van der Waals surface area contributed by atoms with Crippen LogP contribution >= 0.6 is 0 Å². The van der Waals surface area contributed by atoms with Crippen LogP contribution in [0.2, 0.25) is 0 Å². The molecule has 0 saturated carbocycles. The second-order valence-electron chi connectivity index (χ2n) is 10.1. The molecule has 38 heavy (non-hydrogen) atoms. The van der Waals surface area contributed by atoms with Crippen molar-refractivity contribution in [1.82, 2.24) is 0 Å². The molecule has 1 unspecified atom stereocenters. The Bertz CT molecular complexity index is 1570. The lowest BCUT2D eigenvalue weighted by Gasteiger charge is -2.40. The summed E-state index contributed by atoms with van der Waals surface area (Å²) in [6, 6.07) is 24.2. The number of fused-ring (bicyclic) bond motifs is 6. The lowest BCUT2D eigenvalue weighted by molar-refractivity contribution is 0.0226. The minimum Gasteiger partial charge on any atom is -0.456 e. The zero-order chi connectivity index (χ0) is 26.6. The monoisotopic (exact) mass is 504 g/mol. The molecule has 4 aromatic rings. The fourth-order valence-electron chi connectivity index (χ4n) is 5.96. The average Bonchev–Trinajstić information content (AvgIpc) is 3.20. The van der Waals surface area contributed by atoms with Gasteiger partial charge in [0, 0.05) is 41.3 Å². The smallest absolute Gasteiger partial charge is 0.340 e. The Labute approximate surface area is 224 Å². The van der Waals surface area contributed by atoms with Crippen molar-refractivity contribution in [2.45, 2.75) is 40.2 Å². The van der Waals surface area contributed by atoms with Crippen LogP contribution in [0.5, 0.6) is 11.5 Å². The molecule has 0 saturated heterocycles. The Hall–Kier alpha value is -4.25. The molecule has 192 valence electrons. The normalized spacial score (nSPS) is 16.8. The molecule has 0 fully saturated rings. The molecule has 0 bridgehead atoms. The number of nitrogens with one attached hydrogen (secondary N) is 1. The van der Waals surface area contributed by atoms with E-state index in [4.69, 9.17) is 9.47 Å². The molecule has 2 aliphatic rings. The van der Waals surface area contributed by atoms with Gasteiger partial charge >= 0.3 is 5.97 Å². The van der Waals surface area contributed by atoms with Gasteiger partial charge in [-0.15, -0.1) is 0 Å². The summed E-state index contributed by atoms with van der Waals surface area (Å²) in [5.74, 6) is 1.09. The highest BCUT2D eigenvalue weighted by Gasteiger charge is 2.55. The van der Waals surface area contributed by atoms with Crippen LogP contribution in [0.3, 0.4) is 0 Å². The number of ether oxygens (including phenoxy) is 2. The minimum atomic E-state index is -1.12. The van der Waals surface area contributed by atoms with Crippen LogP contribution in [0.25, 0.3) is 0 Å². The summed E-state index contributed by atoms with van der Waals surface area (Å²) in [6.07, 6.45) is 0. The fraction of sp³-hybridized carbons (Fsp3) is 0.242. The van der Waals surface area contributed by atoms with Gasteiger partial charge in [-0.2, -0.15) is 0 Å². The third-order valence-corrected chi connectivity index (χ3v) is 7.90. The third kappa shape index (κ3) is 3.42. The average molecular weight is 505 g/mol. The van der Waals surface area contributed by atoms with Gasteiger partial charge in [0.25, 0.3) is 0 Å². The van der Waals surface area contributed by atoms with Gasteiger partial charge in [0.15, 0.2) is 5.60 Å². The number of aryl methyl sites for hydroxylation is 3. The predicted octanol–water partition coefficient (Wildman–Crippen LogP) is 7.77. The maximum atomic E-state index is 13.4. The van der Waals surface area contributed by atoms with Gasteiger partial charge in [0.2, 0.25) is 0 Å². The quantitative estimate of drug-likeness (QED) is 0.281. The molecule has 4 aromatic carbocycles. The lowest BCUT2D eigenvalue weighted by atomic mass is 9.76. The summed E-state index contributed by atoms with van der Waals surface area (Å²) in [6.45, 7) is 12.2. The first-order chi connectivity index (χ1) is 18.4. The van der Waals surface area contributed by atoms with Crippen molar-refractivity contribution in [3.8, 4) is 11.5 Å². The van der Waals surface area contributed by atoms with E-state index < -0.39 is 5.60 Å². The zero-order valence-electron chi connectivity index (χ0n) is 22.5. The summed E-state index contributed by atoms with van der Waals surface area (Å²) in [4.78, 5) is 15.7. The standard InChI is InChI=1S/C33H32N2O3/c1-6-35(7-2)27-16-11-17-28-30(27)33(24-15-9-8-14-23(24)32(36)38-33)25-19-26(22(5)18-29(25)37-28)34-31-20(3)12-10-13-21(31)4/h8-19,34H,6-7H2,1-5H3. The Morgan fingerprint density at radius 1 is 0.789 bits per heavy atom. The third-order valence-electron chi connectivity index (χ3n) is 7.90. The maximum Gasteiger partial charge on any atom is 0.340 e. The Kier molecular flexibility index (Phi) is 5.68. The van der Waals surface area contributed by atoms with E-state index in [0.717, 1.165) is 52.4 Å². The van der Waals surface area contributed by atoms with E-state index in [9.17, 15) is 4.79 Å². The number of anilines is 3. The molecule has 2 heterocycles. The van der Waals surface area contributed by atoms with Crippen molar-refractivity contribution in [2.75, 3.05) is 23.3 Å². The van der Waals surface area contributed by atoms with Crippen LogP contribution < -0.4 is 15.0 Å². The Balaban J connectivity index is 1.65. The van der Waals surface area contributed by atoms with E-state index in [0.29, 0.717) is 17.1 Å². The van der Waals surface area contributed by atoms with Crippen LogP contribution in [0, 0.1) is 20.8 Å². The first kappa shape index (κ1) is 24.1. The molecule has 1 spiro atoms. The molecule has 6 rings (SSSR count). The van der Waals surface area contributed by atoms with E-state index in [-0.39, 0.29) is 5.97 Å². The van der Waals surface area contributed by atoms with Crippen LogP contribution in [0.4, 0.5) is 17.1 Å². The topological polar surface area (TPSA) is 50.8 Å². The molecule has 2 aliphatic heterocycles. The van der Waals surface area contributed by atoms with Crippen molar-refractivity contribution < 1.29 is 14.3 Å². The molecular weight excluding hydrogens is 472 g/mol. The first-order valence-corrected chi connectivity index (χ1v) is 13.3. The number of hydrogen-bond donors (Lipinski definition) is 1. The van der Waals surface area contributed by atoms with E-state index >= 15 is 0 Å². The number of carbonyl (C=O) groups is 1. The predicted molar refractivity (Wildman–Crippen MR) is 152 cm³/mol. The highest BCUT2D eigenvalue weighted by Crippen LogP contribution is 2.59. The molecular formula is C33H32N2O3. The molecule has 0 amide bonds. The maximum absolute atomic E-state index is 13.4. The number of para-hydroxylation sites is 1. The molecule has 5 nitrogen and oxygen atoms in total. The number of hydrogen-bond acceptors (Lipinski definition) is 5. The van der Waals surface area contributed by atoms with Gasteiger partial charge in [-0.3, -0.25) is 0 Å². The van der Waals surface area contributed by atoms with Gasteiger partial charge in [-0.1, -0.05) is 42.5 Å². The van der Waals surface area contributed by atoms with Crippen LogP contribution in [0.1, 0.15) is 57.6 Å². The molecule has 0 aliphatic carbocycles. The van der Waals surface area contributed by atoms with Gasteiger partial charge in [-0.05, 0) is 81.6 Å². The van der Waals surface area contributed by atoms with E-state index in [1.807, 2.05) is 36.4 Å². The summed E-state index contributed by atoms with van der Waals surface area (Å²) in [7, 11) is 0. The second-order valence-corrected chi connectivity index (χ2v) is 10.1. The van der Waals surface area contributed by atoms with Crippen LogP contribution in [-0.4, -0.2) is 19.1 Å². The Morgan fingerprint density at radius 2 is 1.50 bits per heavy atom. The van der Waals surface area contributed by atoms with Crippen molar-refractivity contribution in [1.29, 1.82) is 0 Å². The number of esters is 1. The summed E-state index contributed by atoms with van der Waals surface area (Å²) < 4.78 is 13.1. The molecule has 5 heteroatoms. The lowest BCUT2D eigenvalue weighted by Crippen LogP contribution is -2.36. The zero-order valence-corrected chi connectivity index (χ0v) is 22.5.